The van der Waals surface area contributed by atoms with Crippen LogP contribution in [0.25, 0.3) is 0 Å². The molecule has 0 N–H and O–H groups in total. The van der Waals surface area contributed by atoms with E-state index in [0.29, 0.717) is 6.10 Å². The number of rotatable bonds is 6. The van der Waals surface area contributed by atoms with Crippen molar-refractivity contribution in [2.75, 3.05) is 19.8 Å². The topological polar surface area (TPSA) is 21.8 Å². The molecule has 8 fully saturated rings. The van der Waals surface area contributed by atoms with Crippen molar-refractivity contribution in [2.24, 2.45) is 88.8 Å². The van der Waals surface area contributed by atoms with Gasteiger partial charge in [-0.05, 0) is 140 Å². The molecule has 16 atom stereocenters. The second-order valence-electron chi connectivity index (χ2n) is 14.0. The molecule has 8 aliphatic carbocycles. The molecule has 0 amide bonds. The zero-order chi connectivity index (χ0) is 19.8. The minimum atomic E-state index is 0.436. The molecule has 9 rings (SSSR count). The average molecular weight is 421 g/mol. The SMILES string of the molecule is C1=CC2CC1C1C3CC(CC4CC5CC4C4C6CC(COCC7CO7)C(C6)C54)C(C3)C21. The average Bonchev–Trinajstić information content (AvgIpc) is 3.47. The molecule has 8 bridgehead atoms. The smallest absolute Gasteiger partial charge is 0.104 e. The van der Waals surface area contributed by atoms with E-state index in [-0.39, 0.29) is 0 Å². The van der Waals surface area contributed by atoms with Crippen molar-refractivity contribution in [3.8, 4) is 0 Å². The summed E-state index contributed by atoms with van der Waals surface area (Å²) in [5.41, 5.74) is 0. The highest BCUT2D eigenvalue weighted by molar-refractivity contribution is 5.21. The van der Waals surface area contributed by atoms with Crippen LogP contribution in [-0.2, 0) is 9.47 Å². The zero-order valence-corrected chi connectivity index (χ0v) is 19.0. The zero-order valence-electron chi connectivity index (χ0n) is 19.0. The first-order valence-corrected chi connectivity index (χ1v) is 14.2. The molecule has 7 saturated carbocycles. The first kappa shape index (κ1) is 18.0. The van der Waals surface area contributed by atoms with Gasteiger partial charge in [0.05, 0.1) is 13.2 Å². The van der Waals surface area contributed by atoms with E-state index >= 15 is 0 Å². The number of ether oxygens (including phenoxy) is 2. The minimum Gasteiger partial charge on any atom is -0.378 e. The molecule has 1 saturated heterocycles. The van der Waals surface area contributed by atoms with E-state index in [1.165, 1.54) is 12.8 Å². The summed E-state index contributed by atoms with van der Waals surface area (Å²) >= 11 is 0. The maximum atomic E-state index is 6.09. The van der Waals surface area contributed by atoms with Crippen molar-refractivity contribution in [1.82, 2.24) is 0 Å². The van der Waals surface area contributed by atoms with E-state index in [1.807, 2.05) is 0 Å². The highest BCUT2D eigenvalue weighted by Crippen LogP contribution is 2.72. The quantitative estimate of drug-likeness (QED) is 0.325. The Bertz CT molecular complexity index is 801. The second-order valence-corrected chi connectivity index (χ2v) is 14.0. The summed E-state index contributed by atoms with van der Waals surface area (Å²) in [6.07, 6.45) is 18.4. The molecule has 2 heteroatoms. The van der Waals surface area contributed by atoms with Crippen LogP contribution in [0.4, 0.5) is 0 Å². The summed E-state index contributed by atoms with van der Waals surface area (Å²) in [6, 6.07) is 0. The fourth-order valence-electron chi connectivity index (χ4n) is 12.7. The fraction of sp³-hybridized carbons (Fsp3) is 0.931. The van der Waals surface area contributed by atoms with Crippen molar-refractivity contribution in [3.63, 3.8) is 0 Å². The summed E-state index contributed by atoms with van der Waals surface area (Å²) in [5.74, 6) is 16.1. The van der Waals surface area contributed by atoms with Gasteiger partial charge in [0.15, 0.2) is 0 Å². The minimum absolute atomic E-state index is 0.436. The van der Waals surface area contributed by atoms with Gasteiger partial charge in [0, 0.05) is 6.61 Å². The van der Waals surface area contributed by atoms with E-state index in [4.69, 9.17) is 9.47 Å². The lowest BCUT2D eigenvalue weighted by atomic mass is 9.62. The van der Waals surface area contributed by atoms with Gasteiger partial charge in [0.25, 0.3) is 0 Å². The number of epoxide rings is 1. The Hall–Kier alpha value is -0.340. The van der Waals surface area contributed by atoms with Gasteiger partial charge >= 0.3 is 0 Å². The van der Waals surface area contributed by atoms with Crippen LogP contribution in [0.15, 0.2) is 12.2 Å². The molecule has 168 valence electrons. The largest absolute Gasteiger partial charge is 0.378 e. The Kier molecular flexibility index (Phi) is 3.61. The summed E-state index contributed by atoms with van der Waals surface area (Å²) in [7, 11) is 0. The molecular weight excluding hydrogens is 380 g/mol. The third kappa shape index (κ3) is 2.38. The van der Waals surface area contributed by atoms with Crippen molar-refractivity contribution in [3.05, 3.63) is 12.2 Å². The first-order valence-electron chi connectivity index (χ1n) is 14.2. The van der Waals surface area contributed by atoms with Gasteiger partial charge in [-0.15, -0.1) is 0 Å². The van der Waals surface area contributed by atoms with Crippen LogP contribution in [-0.4, -0.2) is 25.9 Å². The normalized spacial score (nSPS) is 65.3. The van der Waals surface area contributed by atoms with Gasteiger partial charge in [0.2, 0.25) is 0 Å². The van der Waals surface area contributed by atoms with Gasteiger partial charge in [-0.2, -0.15) is 0 Å². The molecule has 0 aromatic carbocycles. The van der Waals surface area contributed by atoms with E-state index in [2.05, 4.69) is 12.2 Å². The van der Waals surface area contributed by atoms with E-state index < -0.39 is 0 Å². The molecule has 9 aliphatic rings. The summed E-state index contributed by atoms with van der Waals surface area (Å²) in [6.45, 7) is 2.84. The van der Waals surface area contributed by atoms with Crippen molar-refractivity contribution >= 4 is 0 Å². The van der Waals surface area contributed by atoms with Gasteiger partial charge in [-0.3, -0.25) is 0 Å². The van der Waals surface area contributed by atoms with Gasteiger partial charge in [-0.1, -0.05) is 12.2 Å². The van der Waals surface area contributed by atoms with Crippen LogP contribution in [0.5, 0.6) is 0 Å². The molecule has 2 nitrogen and oxygen atoms in total. The van der Waals surface area contributed by atoms with Crippen molar-refractivity contribution < 1.29 is 9.47 Å². The Labute approximate surface area is 187 Å². The molecule has 0 aromatic rings. The molecule has 1 heterocycles. The molecule has 1 aliphatic heterocycles. The summed E-state index contributed by atoms with van der Waals surface area (Å²) < 4.78 is 11.4. The lowest BCUT2D eigenvalue weighted by Crippen LogP contribution is -2.38. The van der Waals surface area contributed by atoms with E-state index in [9.17, 15) is 0 Å². The predicted octanol–water partition coefficient (Wildman–Crippen LogP) is 5.43. The Morgan fingerprint density at radius 3 is 1.90 bits per heavy atom. The second kappa shape index (κ2) is 6.21. The van der Waals surface area contributed by atoms with Crippen LogP contribution in [0.3, 0.4) is 0 Å². The van der Waals surface area contributed by atoms with Gasteiger partial charge in [-0.25, -0.2) is 0 Å². The van der Waals surface area contributed by atoms with Gasteiger partial charge in [0.1, 0.15) is 6.10 Å². The Morgan fingerprint density at radius 2 is 1.19 bits per heavy atom. The number of fused-ring (bicyclic) bond motifs is 18. The third-order valence-corrected chi connectivity index (χ3v) is 13.1. The van der Waals surface area contributed by atoms with Gasteiger partial charge < -0.3 is 9.47 Å². The summed E-state index contributed by atoms with van der Waals surface area (Å²) in [4.78, 5) is 0. The maximum absolute atomic E-state index is 6.09. The number of allylic oxidation sites excluding steroid dienone is 2. The number of hydrogen-bond acceptors (Lipinski definition) is 2. The van der Waals surface area contributed by atoms with E-state index in [0.717, 1.165) is 109 Å². The molecule has 0 radical (unpaired) electrons. The lowest BCUT2D eigenvalue weighted by Gasteiger charge is -2.43. The fourth-order valence-corrected chi connectivity index (χ4v) is 12.7. The predicted molar refractivity (Wildman–Crippen MR) is 119 cm³/mol. The lowest BCUT2D eigenvalue weighted by molar-refractivity contribution is 0.0128. The molecule has 0 aromatic heterocycles. The van der Waals surface area contributed by atoms with Crippen LogP contribution in [0, 0.1) is 88.8 Å². The Morgan fingerprint density at radius 1 is 0.613 bits per heavy atom. The number of hydrogen-bond donors (Lipinski definition) is 0. The highest BCUT2D eigenvalue weighted by Gasteiger charge is 2.66. The van der Waals surface area contributed by atoms with Crippen LogP contribution in [0.2, 0.25) is 0 Å². The molecule has 0 spiro atoms. The standard InChI is InChI=1S/C29H40O2/c1-2-15-3-14(1)26-18-5-16(23(8-18)27(15)26)4-17-6-19-9-24(17)28-20-7-21(25(10-20)29(19)28)11-30-12-22-13-31-22/h1-2,14-29H,3-13H2. The molecular formula is C29H40O2. The summed E-state index contributed by atoms with van der Waals surface area (Å²) in [5, 5.41) is 0. The maximum Gasteiger partial charge on any atom is 0.104 e. The third-order valence-electron chi connectivity index (χ3n) is 13.1. The van der Waals surface area contributed by atoms with Crippen LogP contribution < -0.4 is 0 Å². The van der Waals surface area contributed by atoms with Crippen LogP contribution >= 0.6 is 0 Å². The molecule has 31 heavy (non-hydrogen) atoms. The van der Waals surface area contributed by atoms with Crippen molar-refractivity contribution in [1.29, 1.82) is 0 Å². The Balaban J connectivity index is 0.874. The first-order chi connectivity index (χ1) is 15.3. The highest BCUT2D eigenvalue weighted by atomic mass is 16.6. The monoisotopic (exact) mass is 420 g/mol. The van der Waals surface area contributed by atoms with E-state index in [1.54, 1.807) is 38.5 Å². The van der Waals surface area contributed by atoms with Crippen molar-refractivity contribution in [2.45, 2.75) is 57.5 Å². The molecule has 16 unspecified atom stereocenters. The van der Waals surface area contributed by atoms with Crippen LogP contribution in [0.1, 0.15) is 51.4 Å².